The van der Waals surface area contributed by atoms with Gasteiger partial charge in [0.15, 0.2) is 5.17 Å². The van der Waals surface area contributed by atoms with Crippen molar-refractivity contribution in [1.29, 1.82) is 5.41 Å². The SMILES string of the molecule is CCCCNC(=N)SCCCC. The van der Waals surface area contributed by atoms with Crippen LogP contribution in [0, 0.1) is 5.41 Å². The van der Waals surface area contributed by atoms with Crippen LogP contribution in [0.25, 0.3) is 0 Å². The van der Waals surface area contributed by atoms with Gasteiger partial charge in [0, 0.05) is 12.3 Å². The lowest BCUT2D eigenvalue weighted by molar-refractivity contribution is 0.757. The summed E-state index contributed by atoms with van der Waals surface area (Å²) in [5.74, 6) is 1.08. The molecule has 0 saturated heterocycles. The molecule has 0 aliphatic rings. The monoisotopic (exact) mass is 188 g/mol. The van der Waals surface area contributed by atoms with E-state index in [0.29, 0.717) is 5.17 Å². The summed E-state index contributed by atoms with van der Waals surface area (Å²) in [6, 6.07) is 0. The average Bonchev–Trinajstić information content (AvgIpc) is 2.06. The molecular weight excluding hydrogens is 168 g/mol. The molecule has 0 saturated carbocycles. The molecule has 0 aliphatic heterocycles. The van der Waals surface area contributed by atoms with Gasteiger partial charge in [-0.05, 0) is 12.8 Å². The molecular formula is C9H20N2S. The molecule has 3 heteroatoms. The second kappa shape index (κ2) is 8.91. The van der Waals surface area contributed by atoms with Gasteiger partial charge in [0.25, 0.3) is 0 Å². The van der Waals surface area contributed by atoms with Crippen molar-refractivity contribution < 1.29 is 0 Å². The van der Waals surface area contributed by atoms with E-state index in [9.17, 15) is 0 Å². The van der Waals surface area contributed by atoms with Gasteiger partial charge in [0.1, 0.15) is 0 Å². The van der Waals surface area contributed by atoms with Crippen LogP contribution in [0.1, 0.15) is 39.5 Å². The van der Waals surface area contributed by atoms with Gasteiger partial charge in [-0.1, -0.05) is 38.5 Å². The van der Waals surface area contributed by atoms with Gasteiger partial charge in [-0.2, -0.15) is 0 Å². The van der Waals surface area contributed by atoms with Crippen LogP contribution in [0.15, 0.2) is 0 Å². The highest BCUT2D eigenvalue weighted by Gasteiger charge is 1.94. The molecule has 0 radical (unpaired) electrons. The number of hydrogen-bond acceptors (Lipinski definition) is 2. The van der Waals surface area contributed by atoms with E-state index in [-0.39, 0.29) is 0 Å². The molecule has 0 aromatic heterocycles. The van der Waals surface area contributed by atoms with Gasteiger partial charge in [0.05, 0.1) is 0 Å². The van der Waals surface area contributed by atoms with Gasteiger partial charge in [0.2, 0.25) is 0 Å². The Morgan fingerprint density at radius 3 is 2.50 bits per heavy atom. The summed E-state index contributed by atoms with van der Waals surface area (Å²) >= 11 is 1.62. The molecule has 0 aromatic carbocycles. The zero-order valence-corrected chi connectivity index (χ0v) is 8.97. The highest BCUT2D eigenvalue weighted by Crippen LogP contribution is 2.03. The minimum atomic E-state index is 0.636. The Balaban J connectivity index is 3.10. The van der Waals surface area contributed by atoms with Crippen molar-refractivity contribution in [2.75, 3.05) is 12.3 Å². The van der Waals surface area contributed by atoms with E-state index in [2.05, 4.69) is 19.2 Å². The molecule has 2 nitrogen and oxygen atoms in total. The van der Waals surface area contributed by atoms with Crippen LogP contribution in [0.3, 0.4) is 0 Å². The summed E-state index contributed by atoms with van der Waals surface area (Å²) in [5, 5.41) is 11.2. The van der Waals surface area contributed by atoms with Crippen molar-refractivity contribution in [2.45, 2.75) is 39.5 Å². The third-order valence-electron chi connectivity index (χ3n) is 1.56. The fraction of sp³-hybridized carbons (Fsp3) is 0.889. The molecule has 12 heavy (non-hydrogen) atoms. The number of rotatable bonds is 6. The second-order valence-electron chi connectivity index (χ2n) is 2.81. The van der Waals surface area contributed by atoms with Crippen LogP contribution < -0.4 is 5.32 Å². The molecule has 72 valence electrons. The molecule has 0 unspecified atom stereocenters. The lowest BCUT2D eigenvalue weighted by atomic mass is 10.3. The van der Waals surface area contributed by atoms with Gasteiger partial charge < -0.3 is 5.32 Å². The normalized spacial score (nSPS) is 9.83. The summed E-state index contributed by atoms with van der Waals surface area (Å²) in [5.41, 5.74) is 0. The van der Waals surface area contributed by atoms with Crippen LogP contribution in [0.2, 0.25) is 0 Å². The van der Waals surface area contributed by atoms with E-state index in [1.165, 1.54) is 19.3 Å². The van der Waals surface area contributed by atoms with E-state index in [1.54, 1.807) is 11.8 Å². The average molecular weight is 188 g/mol. The number of unbranched alkanes of at least 4 members (excludes halogenated alkanes) is 2. The zero-order valence-electron chi connectivity index (χ0n) is 8.15. The summed E-state index contributed by atoms with van der Waals surface area (Å²) in [6.07, 6.45) is 4.79. The van der Waals surface area contributed by atoms with Crippen LogP contribution in [-0.4, -0.2) is 17.5 Å². The van der Waals surface area contributed by atoms with E-state index in [0.717, 1.165) is 18.7 Å². The van der Waals surface area contributed by atoms with Crippen LogP contribution >= 0.6 is 11.8 Å². The molecule has 0 atom stereocenters. The Bertz CT molecular complexity index is 103. The fourth-order valence-corrected chi connectivity index (χ4v) is 1.59. The first kappa shape index (κ1) is 11.8. The van der Waals surface area contributed by atoms with Crippen molar-refractivity contribution >= 4 is 16.9 Å². The Kier molecular flexibility index (Phi) is 8.78. The van der Waals surface area contributed by atoms with Crippen molar-refractivity contribution in [3.05, 3.63) is 0 Å². The van der Waals surface area contributed by atoms with Gasteiger partial charge in [-0.15, -0.1) is 0 Å². The predicted molar refractivity (Wildman–Crippen MR) is 58.0 cm³/mol. The Hall–Kier alpha value is -0.180. The first-order valence-electron chi connectivity index (χ1n) is 4.76. The standard InChI is InChI=1S/C9H20N2S/c1-3-5-7-11-9(10)12-8-6-4-2/h3-8H2,1-2H3,(H2,10,11). The third-order valence-corrected chi connectivity index (χ3v) is 2.49. The van der Waals surface area contributed by atoms with E-state index in [1.807, 2.05) is 0 Å². The molecule has 0 heterocycles. The van der Waals surface area contributed by atoms with Crippen molar-refractivity contribution in [2.24, 2.45) is 0 Å². The molecule has 0 aliphatic carbocycles. The Morgan fingerprint density at radius 1 is 1.25 bits per heavy atom. The minimum absolute atomic E-state index is 0.636. The number of thioether (sulfide) groups is 1. The molecule has 0 fully saturated rings. The van der Waals surface area contributed by atoms with Gasteiger partial charge >= 0.3 is 0 Å². The topological polar surface area (TPSA) is 35.9 Å². The number of hydrogen-bond donors (Lipinski definition) is 2. The lowest BCUT2D eigenvalue weighted by Gasteiger charge is -2.05. The molecule has 0 amide bonds. The molecule has 0 rings (SSSR count). The van der Waals surface area contributed by atoms with E-state index >= 15 is 0 Å². The maximum atomic E-state index is 7.50. The minimum Gasteiger partial charge on any atom is -0.365 e. The highest BCUT2D eigenvalue weighted by atomic mass is 32.2. The fourth-order valence-electron chi connectivity index (χ4n) is 0.748. The summed E-state index contributed by atoms with van der Waals surface area (Å²) < 4.78 is 0. The summed E-state index contributed by atoms with van der Waals surface area (Å²) in [7, 11) is 0. The molecule has 0 aromatic rings. The van der Waals surface area contributed by atoms with Gasteiger partial charge in [-0.25, -0.2) is 0 Å². The number of nitrogens with one attached hydrogen (secondary N) is 2. The van der Waals surface area contributed by atoms with Crippen LogP contribution in [0.5, 0.6) is 0 Å². The van der Waals surface area contributed by atoms with Gasteiger partial charge in [-0.3, -0.25) is 5.41 Å². The quantitative estimate of drug-likeness (QED) is 0.382. The summed E-state index contributed by atoms with van der Waals surface area (Å²) in [6.45, 7) is 5.29. The van der Waals surface area contributed by atoms with E-state index < -0.39 is 0 Å². The van der Waals surface area contributed by atoms with Crippen LogP contribution in [-0.2, 0) is 0 Å². The Morgan fingerprint density at radius 2 is 1.92 bits per heavy atom. The molecule has 0 spiro atoms. The summed E-state index contributed by atoms with van der Waals surface area (Å²) in [4.78, 5) is 0. The zero-order chi connectivity index (χ0) is 9.23. The largest absolute Gasteiger partial charge is 0.365 e. The number of amidine groups is 1. The first-order chi connectivity index (χ1) is 5.81. The highest BCUT2D eigenvalue weighted by molar-refractivity contribution is 8.13. The van der Waals surface area contributed by atoms with E-state index in [4.69, 9.17) is 5.41 Å². The maximum absolute atomic E-state index is 7.50. The van der Waals surface area contributed by atoms with Crippen LogP contribution in [0.4, 0.5) is 0 Å². The molecule has 2 N–H and O–H groups in total. The third kappa shape index (κ3) is 7.92. The van der Waals surface area contributed by atoms with Crippen molar-refractivity contribution in [1.82, 2.24) is 5.32 Å². The predicted octanol–water partition coefficient (Wildman–Crippen LogP) is 2.84. The van der Waals surface area contributed by atoms with Crippen molar-refractivity contribution in [3.63, 3.8) is 0 Å². The maximum Gasteiger partial charge on any atom is 0.153 e. The lowest BCUT2D eigenvalue weighted by Crippen LogP contribution is -2.20. The Labute approximate surface area is 80.0 Å². The first-order valence-corrected chi connectivity index (χ1v) is 5.75. The second-order valence-corrected chi connectivity index (χ2v) is 3.92. The smallest absolute Gasteiger partial charge is 0.153 e. The van der Waals surface area contributed by atoms with Crippen molar-refractivity contribution in [3.8, 4) is 0 Å². The molecule has 0 bridgehead atoms.